The molecule has 1 saturated heterocycles. The Bertz CT molecular complexity index is 608. The third-order valence-corrected chi connectivity index (χ3v) is 3.69. The monoisotopic (exact) mass is 299 g/mol. The summed E-state index contributed by atoms with van der Waals surface area (Å²) in [6.45, 7) is 7.38. The van der Waals surface area contributed by atoms with Crippen LogP contribution in [0, 0.1) is 0 Å². The molecule has 0 unspecified atom stereocenters. The number of nitrogens with one attached hydrogen (secondary N) is 1. The van der Waals surface area contributed by atoms with Gasteiger partial charge in [-0.1, -0.05) is 26.0 Å². The second kappa shape index (κ2) is 6.70. The second-order valence-corrected chi connectivity index (χ2v) is 5.64. The lowest BCUT2D eigenvalue weighted by molar-refractivity contribution is 0.122. The highest BCUT2D eigenvalue weighted by Crippen LogP contribution is 2.20. The van der Waals surface area contributed by atoms with Crippen molar-refractivity contribution in [3.63, 3.8) is 0 Å². The molecule has 1 aliphatic heterocycles. The molecule has 1 aliphatic rings. The van der Waals surface area contributed by atoms with Gasteiger partial charge >= 0.3 is 0 Å². The Kier molecular flexibility index (Phi) is 4.48. The van der Waals surface area contributed by atoms with Crippen molar-refractivity contribution in [1.29, 1.82) is 0 Å². The average Bonchev–Trinajstić information content (AvgIpc) is 2.56. The molecule has 1 aromatic carbocycles. The summed E-state index contributed by atoms with van der Waals surface area (Å²) < 4.78 is 5.34. The molecular weight excluding hydrogens is 278 g/mol. The Hall–Kier alpha value is -2.21. The average molecular weight is 299 g/mol. The van der Waals surface area contributed by atoms with Gasteiger partial charge in [0.2, 0.25) is 5.95 Å². The van der Waals surface area contributed by atoms with Crippen LogP contribution in [0.15, 0.2) is 30.5 Å². The van der Waals surface area contributed by atoms with Gasteiger partial charge in [0.25, 0.3) is 0 Å². The molecule has 1 aromatic heterocycles. The Morgan fingerprint density at radius 1 is 1.14 bits per heavy atom. The van der Waals surface area contributed by atoms with E-state index in [0.29, 0.717) is 30.9 Å². The fourth-order valence-electron chi connectivity index (χ4n) is 2.35. The van der Waals surface area contributed by atoms with E-state index in [1.807, 2.05) is 0 Å². The van der Waals surface area contributed by atoms with Crippen molar-refractivity contribution in [3.8, 4) is 0 Å². The number of benzene rings is 1. The summed E-state index contributed by atoms with van der Waals surface area (Å²) in [5.41, 5.74) is 2.32. The highest BCUT2D eigenvalue weighted by molar-refractivity contribution is 5.56. The van der Waals surface area contributed by atoms with E-state index in [2.05, 4.69) is 63.5 Å². The standard InChI is InChI=1S/C16H21N5O/c1-12(2)13-3-5-14(6-4-13)18-15-11-17-20-16(19-15)21-7-9-22-10-8-21/h3-6,11-12H,7-10H2,1-2H3,(H,18,19,20). The van der Waals surface area contributed by atoms with E-state index in [1.54, 1.807) is 6.20 Å². The molecule has 6 nitrogen and oxygen atoms in total. The Morgan fingerprint density at radius 3 is 2.55 bits per heavy atom. The summed E-state index contributed by atoms with van der Waals surface area (Å²) >= 11 is 0. The fourth-order valence-corrected chi connectivity index (χ4v) is 2.35. The summed E-state index contributed by atoms with van der Waals surface area (Å²) in [6.07, 6.45) is 1.64. The van der Waals surface area contributed by atoms with Gasteiger partial charge < -0.3 is 15.0 Å². The van der Waals surface area contributed by atoms with Crippen molar-refractivity contribution in [2.45, 2.75) is 19.8 Å². The van der Waals surface area contributed by atoms with Crippen LogP contribution >= 0.6 is 0 Å². The smallest absolute Gasteiger partial charge is 0.247 e. The quantitative estimate of drug-likeness (QED) is 0.936. The van der Waals surface area contributed by atoms with Gasteiger partial charge in [0, 0.05) is 18.8 Å². The first-order chi connectivity index (χ1) is 10.7. The molecule has 0 radical (unpaired) electrons. The van der Waals surface area contributed by atoms with Crippen LogP contribution in [-0.2, 0) is 4.74 Å². The zero-order valence-electron chi connectivity index (χ0n) is 13.0. The largest absolute Gasteiger partial charge is 0.378 e. The van der Waals surface area contributed by atoms with Gasteiger partial charge in [-0.2, -0.15) is 10.1 Å². The number of nitrogens with zero attached hydrogens (tertiary/aromatic N) is 4. The third-order valence-electron chi connectivity index (χ3n) is 3.69. The molecule has 0 amide bonds. The Labute approximate surface area is 130 Å². The number of ether oxygens (including phenoxy) is 1. The number of hydrogen-bond donors (Lipinski definition) is 1. The lowest BCUT2D eigenvalue weighted by Crippen LogP contribution is -2.37. The molecule has 0 aliphatic carbocycles. The Morgan fingerprint density at radius 2 is 1.86 bits per heavy atom. The summed E-state index contributed by atoms with van der Waals surface area (Å²) in [6, 6.07) is 8.38. The maximum Gasteiger partial charge on any atom is 0.247 e. The third kappa shape index (κ3) is 3.51. The van der Waals surface area contributed by atoms with E-state index in [1.165, 1.54) is 5.56 Å². The molecule has 2 heterocycles. The normalized spacial score (nSPS) is 15.1. The highest BCUT2D eigenvalue weighted by Gasteiger charge is 2.14. The molecule has 0 bridgehead atoms. The molecule has 0 atom stereocenters. The number of aromatic nitrogens is 3. The minimum atomic E-state index is 0.530. The van der Waals surface area contributed by atoms with Gasteiger partial charge in [0.1, 0.15) is 0 Å². The van der Waals surface area contributed by atoms with Crippen molar-refractivity contribution in [2.24, 2.45) is 0 Å². The van der Waals surface area contributed by atoms with Gasteiger partial charge in [-0.3, -0.25) is 0 Å². The topological polar surface area (TPSA) is 63.2 Å². The first-order valence-electron chi connectivity index (χ1n) is 7.62. The summed E-state index contributed by atoms with van der Waals surface area (Å²) in [5.74, 6) is 1.88. The lowest BCUT2D eigenvalue weighted by atomic mass is 10.0. The van der Waals surface area contributed by atoms with Crippen LogP contribution in [0.2, 0.25) is 0 Å². The summed E-state index contributed by atoms with van der Waals surface area (Å²) in [7, 11) is 0. The van der Waals surface area contributed by atoms with Gasteiger partial charge in [0.05, 0.1) is 19.4 Å². The van der Waals surface area contributed by atoms with E-state index in [-0.39, 0.29) is 0 Å². The molecule has 1 fully saturated rings. The molecular formula is C16H21N5O. The van der Waals surface area contributed by atoms with Gasteiger partial charge in [-0.25, -0.2) is 0 Å². The zero-order chi connectivity index (χ0) is 15.4. The molecule has 2 aromatic rings. The fraction of sp³-hybridized carbons (Fsp3) is 0.438. The number of anilines is 3. The maximum absolute atomic E-state index is 5.34. The maximum atomic E-state index is 5.34. The highest BCUT2D eigenvalue weighted by atomic mass is 16.5. The molecule has 22 heavy (non-hydrogen) atoms. The number of hydrogen-bond acceptors (Lipinski definition) is 6. The van der Waals surface area contributed by atoms with Crippen LogP contribution < -0.4 is 10.2 Å². The molecule has 0 saturated carbocycles. The minimum absolute atomic E-state index is 0.530. The molecule has 116 valence electrons. The van der Waals surface area contributed by atoms with E-state index < -0.39 is 0 Å². The first-order valence-corrected chi connectivity index (χ1v) is 7.62. The minimum Gasteiger partial charge on any atom is -0.378 e. The molecule has 0 spiro atoms. The molecule has 3 rings (SSSR count). The van der Waals surface area contributed by atoms with Gasteiger partial charge in [0.15, 0.2) is 5.82 Å². The summed E-state index contributed by atoms with van der Waals surface area (Å²) in [4.78, 5) is 6.62. The van der Waals surface area contributed by atoms with Crippen LogP contribution in [0.1, 0.15) is 25.3 Å². The molecule has 1 N–H and O–H groups in total. The van der Waals surface area contributed by atoms with Crippen molar-refractivity contribution in [2.75, 3.05) is 36.5 Å². The van der Waals surface area contributed by atoms with Crippen LogP contribution in [0.5, 0.6) is 0 Å². The van der Waals surface area contributed by atoms with Crippen molar-refractivity contribution < 1.29 is 4.74 Å². The van der Waals surface area contributed by atoms with E-state index in [4.69, 9.17) is 4.74 Å². The number of rotatable bonds is 4. The van der Waals surface area contributed by atoms with Crippen LogP contribution in [0.25, 0.3) is 0 Å². The second-order valence-electron chi connectivity index (χ2n) is 5.64. The van der Waals surface area contributed by atoms with E-state index in [9.17, 15) is 0 Å². The predicted molar refractivity (Wildman–Crippen MR) is 86.7 cm³/mol. The first kappa shape index (κ1) is 14.7. The van der Waals surface area contributed by atoms with Crippen molar-refractivity contribution in [3.05, 3.63) is 36.0 Å². The van der Waals surface area contributed by atoms with Gasteiger partial charge in [-0.15, -0.1) is 5.10 Å². The van der Waals surface area contributed by atoms with Crippen molar-refractivity contribution >= 4 is 17.5 Å². The lowest BCUT2D eigenvalue weighted by Gasteiger charge is -2.26. The molecule has 6 heteroatoms. The van der Waals surface area contributed by atoms with Crippen LogP contribution in [0.4, 0.5) is 17.5 Å². The Balaban J connectivity index is 1.72. The van der Waals surface area contributed by atoms with Gasteiger partial charge in [-0.05, 0) is 23.6 Å². The zero-order valence-corrected chi connectivity index (χ0v) is 13.0. The number of morpholine rings is 1. The van der Waals surface area contributed by atoms with E-state index in [0.717, 1.165) is 18.8 Å². The van der Waals surface area contributed by atoms with E-state index >= 15 is 0 Å². The SMILES string of the molecule is CC(C)c1ccc(Nc2cnnc(N3CCOCC3)n2)cc1. The van der Waals surface area contributed by atoms with Crippen LogP contribution in [-0.4, -0.2) is 41.5 Å². The summed E-state index contributed by atoms with van der Waals surface area (Å²) in [5, 5.41) is 11.4. The van der Waals surface area contributed by atoms with Crippen LogP contribution in [0.3, 0.4) is 0 Å². The predicted octanol–water partition coefficient (Wildman–Crippen LogP) is 2.58. The van der Waals surface area contributed by atoms with Crippen molar-refractivity contribution in [1.82, 2.24) is 15.2 Å².